The molecule has 1 aliphatic rings. The van der Waals surface area contributed by atoms with Gasteiger partial charge in [0.1, 0.15) is 23.2 Å². The maximum absolute atomic E-state index is 15.4. The van der Waals surface area contributed by atoms with E-state index in [1.165, 1.54) is 31.1 Å². The third kappa shape index (κ3) is 5.60. The minimum atomic E-state index is -0.815. The SMILES string of the molecule is C=CC=C(C=C(C)F)c1cc(Nc2c(C)c(N3CCCC3=O)nc3cc(F)cc(F)c23)c(-c2cncc(OC)c2)cn1. The second-order valence-electron chi connectivity index (χ2n) is 9.81. The second-order valence-corrected chi connectivity index (χ2v) is 9.81. The number of allylic oxidation sites excluding steroid dienone is 5. The van der Waals surface area contributed by atoms with E-state index in [4.69, 9.17) is 4.74 Å². The molecule has 0 bridgehead atoms. The zero-order valence-corrected chi connectivity index (χ0v) is 23.3. The van der Waals surface area contributed by atoms with Crippen molar-refractivity contribution in [2.24, 2.45) is 0 Å². The van der Waals surface area contributed by atoms with E-state index >= 15 is 4.39 Å². The van der Waals surface area contributed by atoms with Crippen molar-refractivity contribution in [3.05, 3.63) is 96.4 Å². The standard InChI is InChI=1S/C32H28F3N5O2/c1-5-7-20(10-18(2)33)26-14-27(24(17-37-26)21-11-23(42-4)16-36-15-21)38-31-19(3)32(40-9-6-8-29(40)41)39-28-13-22(34)12-25(35)30(28)31/h5,7,10-17H,1,6,8-9H2,2-4H3,(H,37,38,39). The number of halogens is 3. The maximum atomic E-state index is 15.4. The summed E-state index contributed by atoms with van der Waals surface area (Å²) >= 11 is 0. The van der Waals surface area contributed by atoms with Crippen molar-refractivity contribution in [2.75, 3.05) is 23.9 Å². The highest BCUT2D eigenvalue weighted by molar-refractivity contribution is 6.03. The monoisotopic (exact) mass is 571 g/mol. The lowest BCUT2D eigenvalue weighted by Gasteiger charge is -2.23. The molecule has 4 aromatic rings. The number of aromatic nitrogens is 3. The molecular weight excluding hydrogens is 543 g/mol. The lowest BCUT2D eigenvalue weighted by atomic mass is 10.0. The molecule has 4 heterocycles. The highest BCUT2D eigenvalue weighted by Gasteiger charge is 2.28. The maximum Gasteiger partial charge on any atom is 0.228 e. The van der Waals surface area contributed by atoms with Gasteiger partial charge in [-0.15, -0.1) is 0 Å². The average Bonchev–Trinajstić information content (AvgIpc) is 3.39. The molecule has 1 aromatic carbocycles. The van der Waals surface area contributed by atoms with Crippen molar-refractivity contribution < 1.29 is 22.7 Å². The number of pyridine rings is 3. The number of carbonyl (C=O) groups excluding carboxylic acids is 1. The Bertz CT molecular complexity index is 1780. The highest BCUT2D eigenvalue weighted by atomic mass is 19.1. The van der Waals surface area contributed by atoms with E-state index in [-0.39, 0.29) is 16.8 Å². The van der Waals surface area contributed by atoms with Gasteiger partial charge in [0.05, 0.1) is 47.1 Å². The van der Waals surface area contributed by atoms with E-state index in [0.29, 0.717) is 70.3 Å². The Morgan fingerprint density at radius 2 is 1.98 bits per heavy atom. The predicted octanol–water partition coefficient (Wildman–Crippen LogP) is 7.60. The molecule has 1 fully saturated rings. The van der Waals surface area contributed by atoms with Gasteiger partial charge in [-0.05, 0) is 38.5 Å². The van der Waals surface area contributed by atoms with Crippen molar-refractivity contribution in [1.82, 2.24) is 15.0 Å². The van der Waals surface area contributed by atoms with Gasteiger partial charge in [-0.2, -0.15) is 0 Å². The normalized spacial score (nSPS) is 14.0. The van der Waals surface area contributed by atoms with Crippen molar-refractivity contribution in [1.29, 1.82) is 0 Å². The van der Waals surface area contributed by atoms with E-state index in [1.807, 2.05) is 0 Å². The van der Waals surface area contributed by atoms with Crippen LogP contribution in [0.15, 0.2) is 73.5 Å². The third-order valence-electron chi connectivity index (χ3n) is 6.92. The van der Waals surface area contributed by atoms with Crippen LogP contribution in [0.3, 0.4) is 0 Å². The Morgan fingerprint density at radius 3 is 2.67 bits per heavy atom. The minimum Gasteiger partial charge on any atom is -0.495 e. The van der Waals surface area contributed by atoms with Gasteiger partial charge < -0.3 is 10.1 Å². The molecule has 7 nitrogen and oxygen atoms in total. The molecular formula is C32H28F3N5O2. The van der Waals surface area contributed by atoms with Gasteiger partial charge in [-0.1, -0.05) is 18.7 Å². The van der Waals surface area contributed by atoms with E-state index in [9.17, 15) is 13.6 Å². The van der Waals surface area contributed by atoms with Crippen LogP contribution in [0.1, 0.15) is 31.0 Å². The number of ether oxygens (including phenoxy) is 1. The van der Waals surface area contributed by atoms with E-state index in [0.717, 1.165) is 12.1 Å². The van der Waals surface area contributed by atoms with Crippen molar-refractivity contribution in [3.63, 3.8) is 0 Å². The smallest absolute Gasteiger partial charge is 0.228 e. The molecule has 1 saturated heterocycles. The molecule has 5 rings (SSSR count). The van der Waals surface area contributed by atoms with Crippen LogP contribution in [0, 0.1) is 18.6 Å². The second kappa shape index (κ2) is 11.9. The van der Waals surface area contributed by atoms with Gasteiger partial charge in [0.2, 0.25) is 5.91 Å². The molecule has 0 aliphatic carbocycles. The average molecular weight is 572 g/mol. The van der Waals surface area contributed by atoms with Gasteiger partial charge >= 0.3 is 0 Å². The summed E-state index contributed by atoms with van der Waals surface area (Å²) in [4.78, 5) is 27.5. The number of fused-ring (bicyclic) bond motifs is 1. The summed E-state index contributed by atoms with van der Waals surface area (Å²) in [5, 5.41) is 3.39. The van der Waals surface area contributed by atoms with Crippen LogP contribution in [0.2, 0.25) is 0 Å². The first-order valence-corrected chi connectivity index (χ1v) is 13.2. The van der Waals surface area contributed by atoms with E-state index < -0.39 is 17.5 Å². The van der Waals surface area contributed by atoms with Crippen LogP contribution in [0.4, 0.5) is 30.4 Å². The lowest BCUT2D eigenvalue weighted by molar-refractivity contribution is -0.117. The Labute approximate surface area is 241 Å². The number of hydrogen-bond acceptors (Lipinski definition) is 6. The van der Waals surface area contributed by atoms with Gasteiger partial charge in [0, 0.05) is 59.8 Å². The molecule has 0 saturated carbocycles. The number of benzene rings is 1. The Morgan fingerprint density at radius 1 is 1.17 bits per heavy atom. The molecule has 0 radical (unpaired) electrons. The summed E-state index contributed by atoms with van der Waals surface area (Å²) in [7, 11) is 1.52. The summed E-state index contributed by atoms with van der Waals surface area (Å²) in [5.74, 6) is -1.32. The fraction of sp³-hybridized carbons (Fsp3) is 0.188. The number of carbonyl (C=O) groups is 1. The molecule has 42 heavy (non-hydrogen) atoms. The van der Waals surface area contributed by atoms with Gasteiger partial charge in [-0.3, -0.25) is 19.7 Å². The Balaban J connectivity index is 1.78. The summed E-state index contributed by atoms with van der Waals surface area (Å²) in [6.07, 6.45) is 10.3. The zero-order chi connectivity index (χ0) is 30.0. The summed E-state index contributed by atoms with van der Waals surface area (Å²) < 4.78 is 49.1. The summed E-state index contributed by atoms with van der Waals surface area (Å²) in [6.45, 7) is 7.21. The topological polar surface area (TPSA) is 80.2 Å². The molecule has 0 spiro atoms. The molecule has 1 amide bonds. The lowest BCUT2D eigenvalue weighted by Crippen LogP contribution is -2.26. The van der Waals surface area contributed by atoms with Crippen LogP contribution >= 0.6 is 0 Å². The highest BCUT2D eigenvalue weighted by Crippen LogP contribution is 2.40. The number of rotatable bonds is 8. The Kier molecular flexibility index (Phi) is 8.06. The first kappa shape index (κ1) is 28.5. The number of hydrogen-bond donors (Lipinski definition) is 1. The minimum absolute atomic E-state index is 0.0532. The van der Waals surface area contributed by atoms with E-state index in [2.05, 4.69) is 26.8 Å². The van der Waals surface area contributed by atoms with Crippen LogP contribution in [0.25, 0.3) is 27.6 Å². The number of nitrogens with zero attached hydrogens (tertiary/aromatic N) is 4. The summed E-state index contributed by atoms with van der Waals surface area (Å²) in [5.41, 5.74) is 3.40. The number of anilines is 3. The third-order valence-corrected chi connectivity index (χ3v) is 6.92. The van der Waals surface area contributed by atoms with Crippen LogP contribution in [-0.2, 0) is 4.79 Å². The first-order valence-electron chi connectivity index (χ1n) is 13.2. The largest absolute Gasteiger partial charge is 0.495 e. The van der Waals surface area contributed by atoms with Gasteiger partial charge in [0.25, 0.3) is 0 Å². The van der Waals surface area contributed by atoms with Gasteiger partial charge in [-0.25, -0.2) is 18.2 Å². The molecule has 214 valence electrons. The van der Waals surface area contributed by atoms with E-state index in [1.54, 1.807) is 43.7 Å². The van der Waals surface area contributed by atoms with Crippen LogP contribution in [-0.4, -0.2) is 34.5 Å². The van der Waals surface area contributed by atoms with Crippen LogP contribution in [0.5, 0.6) is 5.75 Å². The van der Waals surface area contributed by atoms with Crippen molar-refractivity contribution in [3.8, 4) is 16.9 Å². The zero-order valence-electron chi connectivity index (χ0n) is 23.3. The van der Waals surface area contributed by atoms with Crippen molar-refractivity contribution in [2.45, 2.75) is 26.7 Å². The molecule has 0 atom stereocenters. The fourth-order valence-corrected chi connectivity index (χ4v) is 4.99. The van der Waals surface area contributed by atoms with Crippen molar-refractivity contribution >= 4 is 39.6 Å². The molecule has 1 aliphatic heterocycles. The predicted molar refractivity (Wildman–Crippen MR) is 158 cm³/mol. The quantitative estimate of drug-likeness (QED) is 0.219. The summed E-state index contributed by atoms with van der Waals surface area (Å²) in [6, 6.07) is 5.39. The molecule has 10 heteroatoms. The number of nitrogens with one attached hydrogen (secondary N) is 1. The first-order chi connectivity index (χ1) is 20.2. The molecule has 1 N–H and O–H groups in total. The van der Waals surface area contributed by atoms with Crippen LogP contribution < -0.4 is 15.0 Å². The fourth-order valence-electron chi connectivity index (χ4n) is 4.99. The van der Waals surface area contributed by atoms with Gasteiger partial charge in [0.15, 0.2) is 0 Å². The Hall–Kier alpha value is -4.99. The molecule has 0 unspecified atom stereocenters. The number of amides is 1. The number of methoxy groups -OCH3 is 1. The molecule has 3 aromatic heterocycles.